The van der Waals surface area contributed by atoms with Gasteiger partial charge in [0.1, 0.15) is 12.7 Å². The highest BCUT2D eigenvalue weighted by molar-refractivity contribution is 7.10. The molecule has 0 aliphatic rings. The molecule has 2 N–H and O–H groups in total. The van der Waals surface area contributed by atoms with Gasteiger partial charge < -0.3 is 10.4 Å². The Hall–Kier alpha value is -2.51. The van der Waals surface area contributed by atoms with E-state index in [0.717, 1.165) is 10.6 Å². The van der Waals surface area contributed by atoms with Gasteiger partial charge in [0.2, 0.25) is 0 Å². The maximum Gasteiger partial charge on any atom is 0.251 e. The van der Waals surface area contributed by atoms with Crippen molar-refractivity contribution in [2.24, 2.45) is 0 Å². The van der Waals surface area contributed by atoms with Crippen LogP contribution in [-0.4, -0.2) is 32.4 Å². The quantitative estimate of drug-likeness (QED) is 0.727. The number of hydrogen-bond donors (Lipinski definition) is 2. The minimum atomic E-state index is -0.192. The van der Waals surface area contributed by atoms with Crippen molar-refractivity contribution in [2.45, 2.75) is 12.5 Å². The summed E-state index contributed by atoms with van der Waals surface area (Å²) in [5.74, 6) is -0.182. The standard InChI is InChI=1S/C16H16N4O2S/c21-7-6-14(15-5-2-8-23-15)19-16(22)12-3-1-4-13(9-12)20-11-17-10-18-20/h1-5,8-11,14,21H,6-7H2,(H,19,22). The maximum absolute atomic E-state index is 12.5. The summed E-state index contributed by atoms with van der Waals surface area (Å²) >= 11 is 1.56. The second-order valence-electron chi connectivity index (χ2n) is 4.94. The lowest BCUT2D eigenvalue weighted by atomic mass is 10.1. The fourth-order valence-electron chi connectivity index (χ4n) is 2.28. The van der Waals surface area contributed by atoms with Crippen molar-refractivity contribution in [1.29, 1.82) is 0 Å². The minimum Gasteiger partial charge on any atom is -0.396 e. The molecule has 2 heterocycles. The number of nitrogens with zero attached hydrogens (tertiary/aromatic N) is 3. The first-order chi connectivity index (χ1) is 11.3. The number of carbonyl (C=O) groups is 1. The third kappa shape index (κ3) is 3.64. The number of benzene rings is 1. The number of thiophene rings is 1. The second-order valence-corrected chi connectivity index (χ2v) is 5.92. The summed E-state index contributed by atoms with van der Waals surface area (Å²) in [4.78, 5) is 17.4. The number of nitrogens with one attached hydrogen (secondary N) is 1. The molecule has 3 rings (SSSR count). The Morgan fingerprint density at radius 2 is 2.26 bits per heavy atom. The summed E-state index contributed by atoms with van der Waals surface area (Å²) in [5.41, 5.74) is 1.31. The van der Waals surface area contributed by atoms with Crippen LogP contribution in [0.3, 0.4) is 0 Å². The molecular formula is C16H16N4O2S. The topological polar surface area (TPSA) is 80.0 Å². The summed E-state index contributed by atoms with van der Waals surface area (Å²) in [6, 6.07) is 10.9. The lowest BCUT2D eigenvalue weighted by Gasteiger charge is -2.16. The van der Waals surface area contributed by atoms with Gasteiger partial charge in [0.15, 0.2) is 0 Å². The van der Waals surface area contributed by atoms with Gasteiger partial charge in [-0.3, -0.25) is 4.79 Å². The maximum atomic E-state index is 12.5. The van der Waals surface area contributed by atoms with Crippen LogP contribution < -0.4 is 5.32 Å². The van der Waals surface area contributed by atoms with Crippen molar-refractivity contribution >= 4 is 17.2 Å². The number of aliphatic hydroxyl groups excluding tert-OH is 1. The molecule has 0 fully saturated rings. The molecule has 0 radical (unpaired) electrons. The highest BCUT2D eigenvalue weighted by atomic mass is 32.1. The van der Waals surface area contributed by atoms with Crippen LogP contribution >= 0.6 is 11.3 Å². The third-order valence-corrected chi connectivity index (χ3v) is 4.39. The monoisotopic (exact) mass is 328 g/mol. The van der Waals surface area contributed by atoms with Crippen LogP contribution in [0.2, 0.25) is 0 Å². The Balaban J connectivity index is 1.78. The van der Waals surface area contributed by atoms with E-state index in [1.807, 2.05) is 23.6 Å². The van der Waals surface area contributed by atoms with Crippen LogP contribution in [-0.2, 0) is 0 Å². The predicted molar refractivity (Wildman–Crippen MR) is 87.6 cm³/mol. The van der Waals surface area contributed by atoms with Gasteiger partial charge in [-0.25, -0.2) is 9.67 Å². The van der Waals surface area contributed by atoms with Gasteiger partial charge in [0.05, 0.1) is 11.7 Å². The van der Waals surface area contributed by atoms with E-state index >= 15 is 0 Å². The zero-order valence-corrected chi connectivity index (χ0v) is 13.1. The Morgan fingerprint density at radius 1 is 1.35 bits per heavy atom. The fraction of sp³-hybridized carbons (Fsp3) is 0.188. The van der Waals surface area contributed by atoms with Gasteiger partial charge in [0.25, 0.3) is 5.91 Å². The molecule has 6 nitrogen and oxygen atoms in total. The smallest absolute Gasteiger partial charge is 0.251 e. The molecular weight excluding hydrogens is 312 g/mol. The van der Waals surface area contributed by atoms with Gasteiger partial charge >= 0.3 is 0 Å². The van der Waals surface area contributed by atoms with Gasteiger partial charge in [-0.05, 0) is 36.1 Å². The lowest BCUT2D eigenvalue weighted by molar-refractivity contribution is 0.0931. The highest BCUT2D eigenvalue weighted by Crippen LogP contribution is 2.22. The molecule has 1 unspecified atom stereocenters. The average Bonchev–Trinajstić information content (AvgIpc) is 3.28. The van der Waals surface area contributed by atoms with Crippen molar-refractivity contribution in [1.82, 2.24) is 20.1 Å². The SMILES string of the molecule is O=C(NC(CCO)c1cccs1)c1cccc(-n2cncn2)c1. The Kier molecular flexibility index (Phi) is 4.80. The Morgan fingerprint density at radius 3 is 2.96 bits per heavy atom. The summed E-state index contributed by atoms with van der Waals surface area (Å²) in [5, 5.41) is 18.2. The molecule has 0 saturated carbocycles. The molecule has 1 atom stereocenters. The lowest BCUT2D eigenvalue weighted by Crippen LogP contribution is -2.28. The van der Waals surface area contributed by atoms with E-state index in [4.69, 9.17) is 0 Å². The summed E-state index contributed by atoms with van der Waals surface area (Å²) in [7, 11) is 0. The molecule has 2 aromatic heterocycles. The van der Waals surface area contributed by atoms with Crippen LogP contribution in [0.25, 0.3) is 5.69 Å². The molecule has 0 spiro atoms. The summed E-state index contributed by atoms with van der Waals surface area (Å²) in [6.07, 6.45) is 3.51. The van der Waals surface area contributed by atoms with Gasteiger partial charge in [0, 0.05) is 17.0 Å². The van der Waals surface area contributed by atoms with Gasteiger partial charge in [-0.2, -0.15) is 5.10 Å². The van der Waals surface area contributed by atoms with E-state index in [9.17, 15) is 9.90 Å². The second kappa shape index (κ2) is 7.17. The third-order valence-electron chi connectivity index (χ3n) is 3.40. The Bertz CT molecular complexity index is 756. The van der Waals surface area contributed by atoms with Crippen LogP contribution in [0, 0.1) is 0 Å². The first kappa shape index (κ1) is 15.4. The molecule has 0 bridgehead atoms. The molecule has 0 aliphatic carbocycles. The number of rotatable bonds is 6. The van der Waals surface area contributed by atoms with E-state index in [1.165, 1.54) is 6.33 Å². The van der Waals surface area contributed by atoms with Gasteiger partial charge in [-0.15, -0.1) is 11.3 Å². The zero-order chi connectivity index (χ0) is 16.1. The molecule has 0 aliphatic heterocycles. The molecule has 3 aromatic rings. The zero-order valence-electron chi connectivity index (χ0n) is 12.3. The Labute approximate surface area is 137 Å². The number of aliphatic hydroxyl groups is 1. The van der Waals surface area contributed by atoms with Crippen molar-refractivity contribution in [3.8, 4) is 5.69 Å². The molecule has 118 valence electrons. The van der Waals surface area contributed by atoms with E-state index in [0.29, 0.717) is 12.0 Å². The van der Waals surface area contributed by atoms with Crippen molar-refractivity contribution in [3.05, 3.63) is 64.9 Å². The molecule has 0 saturated heterocycles. The summed E-state index contributed by atoms with van der Waals surface area (Å²) < 4.78 is 1.60. The fourth-order valence-corrected chi connectivity index (χ4v) is 3.09. The van der Waals surface area contributed by atoms with E-state index in [-0.39, 0.29) is 18.6 Å². The number of hydrogen-bond acceptors (Lipinski definition) is 5. The molecule has 23 heavy (non-hydrogen) atoms. The van der Waals surface area contributed by atoms with Crippen LogP contribution in [0.1, 0.15) is 27.7 Å². The normalized spacial score (nSPS) is 12.0. The summed E-state index contributed by atoms with van der Waals surface area (Å²) in [6.45, 7) is 0.0157. The molecule has 7 heteroatoms. The van der Waals surface area contributed by atoms with Crippen LogP contribution in [0.5, 0.6) is 0 Å². The first-order valence-electron chi connectivity index (χ1n) is 7.18. The first-order valence-corrected chi connectivity index (χ1v) is 8.06. The number of amides is 1. The minimum absolute atomic E-state index is 0.0157. The van der Waals surface area contributed by atoms with Crippen LogP contribution in [0.4, 0.5) is 0 Å². The van der Waals surface area contributed by atoms with Crippen molar-refractivity contribution in [3.63, 3.8) is 0 Å². The van der Waals surface area contributed by atoms with Crippen molar-refractivity contribution < 1.29 is 9.90 Å². The predicted octanol–water partition coefficient (Wildman–Crippen LogP) is 2.18. The molecule has 1 aromatic carbocycles. The number of aromatic nitrogens is 3. The highest BCUT2D eigenvalue weighted by Gasteiger charge is 2.16. The van der Waals surface area contributed by atoms with Gasteiger partial charge in [-0.1, -0.05) is 12.1 Å². The van der Waals surface area contributed by atoms with E-state index in [1.54, 1.807) is 40.5 Å². The molecule has 1 amide bonds. The van der Waals surface area contributed by atoms with E-state index < -0.39 is 0 Å². The van der Waals surface area contributed by atoms with Crippen LogP contribution in [0.15, 0.2) is 54.4 Å². The van der Waals surface area contributed by atoms with Crippen molar-refractivity contribution in [2.75, 3.05) is 6.61 Å². The number of carbonyl (C=O) groups excluding carboxylic acids is 1. The largest absolute Gasteiger partial charge is 0.396 e. The van der Waals surface area contributed by atoms with E-state index in [2.05, 4.69) is 15.4 Å². The average molecular weight is 328 g/mol.